The van der Waals surface area contributed by atoms with E-state index in [-0.39, 0.29) is 21.7 Å². The van der Waals surface area contributed by atoms with Crippen molar-refractivity contribution in [2.75, 3.05) is 5.32 Å². The second-order valence-electron chi connectivity index (χ2n) is 5.63. The molecule has 0 aliphatic carbocycles. The fourth-order valence-electron chi connectivity index (χ4n) is 2.80. The van der Waals surface area contributed by atoms with Crippen LogP contribution in [0.25, 0.3) is 0 Å². The molecule has 2 unspecified atom stereocenters. The van der Waals surface area contributed by atoms with Gasteiger partial charge in [0, 0.05) is 6.92 Å². The number of halogens is 1. The molecule has 0 bridgehead atoms. The molecule has 2 heterocycles. The van der Waals surface area contributed by atoms with E-state index in [0.717, 1.165) is 0 Å². The fraction of sp³-hybridized carbons (Fsp3) is 0.267. The zero-order chi connectivity index (χ0) is 18.5. The summed E-state index contributed by atoms with van der Waals surface area (Å²) in [6.07, 6.45) is -3.07. The highest BCUT2D eigenvalue weighted by Crippen LogP contribution is 2.37. The Kier molecular flexibility index (Phi) is 3.64. The number of benzene rings is 1. The summed E-state index contributed by atoms with van der Waals surface area (Å²) in [6.45, 7) is 1.18. The molecule has 9 nitrogen and oxygen atoms in total. The van der Waals surface area contributed by atoms with Gasteiger partial charge in [-0.1, -0.05) is 6.07 Å². The number of imide groups is 1. The Bertz CT molecular complexity index is 854. The number of hydrogen-bond donors (Lipinski definition) is 3. The number of nitrogens with one attached hydrogen (secondary N) is 2. The van der Waals surface area contributed by atoms with Gasteiger partial charge in [0.25, 0.3) is 23.5 Å². The lowest BCUT2D eigenvalue weighted by molar-refractivity contribution is -0.160. The molecule has 1 aromatic rings. The molecule has 2 atom stereocenters. The van der Waals surface area contributed by atoms with E-state index >= 15 is 4.39 Å². The topological polar surface area (TPSA) is 133 Å². The van der Waals surface area contributed by atoms with Crippen LogP contribution in [-0.2, 0) is 14.4 Å². The standard InChI is InChI=1S/C15H12FN3O6/c1-6(20)17-8-4-2-3-7-10(8)13(24)19(12(7)23)15(16)5-9(21)11(22)18-14(15)25/h2-4,11,22H,5H2,1H3,(H,17,20)(H,18,25). The maximum Gasteiger partial charge on any atom is 0.282 e. The van der Waals surface area contributed by atoms with Crippen molar-refractivity contribution < 1.29 is 33.5 Å². The summed E-state index contributed by atoms with van der Waals surface area (Å²) in [5, 5.41) is 13.3. The highest BCUT2D eigenvalue weighted by molar-refractivity contribution is 6.26. The zero-order valence-electron chi connectivity index (χ0n) is 12.8. The minimum atomic E-state index is -3.27. The number of Topliss-reactive ketones (excluding diaryl/α,β-unsaturated/α-hetero) is 1. The van der Waals surface area contributed by atoms with Gasteiger partial charge in [0.15, 0.2) is 12.0 Å². The maximum absolute atomic E-state index is 15.2. The lowest BCUT2D eigenvalue weighted by Crippen LogP contribution is -2.65. The molecule has 1 aromatic carbocycles. The van der Waals surface area contributed by atoms with Gasteiger partial charge in [-0.15, -0.1) is 0 Å². The number of amides is 4. The number of carbonyl (C=O) groups is 5. The number of nitrogens with zero attached hydrogens (tertiary/aromatic N) is 1. The van der Waals surface area contributed by atoms with Crippen LogP contribution in [0.4, 0.5) is 10.1 Å². The Hall–Kier alpha value is -3.14. The number of carbonyl (C=O) groups excluding carboxylic acids is 5. The SMILES string of the molecule is CC(=O)Nc1cccc2c1C(=O)N(C1(F)CC(=O)C(O)NC1=O)C2=O. The summed E-state index contributed by atoms with van der Waals surface area (Å²) in [6, 6.07) is 3.96. The Balaban J connectivity index is 2.07. The number of hydrogen-bond acceptors (Lipinski definition) is 6. The van der Waals surface area contributed by atoms with Crippen molar-refractivity contribution in [1.82, 2.24) is 10.2 Å². The first-order valence-electron chi connectivity index (χ1n) is 7.17. The molecule has 10 heteroatoms. The predicted octanol–water partition coefficient (Wildman–Crippen LogP) is -0.686. The Morgan fingerprint density at radius 2 is 2.00 bits per heavy atom. The van der Waals surface area contributed by atoms with Crippen molar-refractivity contribution in [2.45, 2.75) is 25.4 Å². The van der Waals surface area contributed by atoms with Crippen LogP contribution >= 0.6 is 0 Å². The molecule has 0 spiro atoms. The number of anilines is 1. The molecule has 0 radical (unpaired) electrons. The average Bonchev–Trinajstić information content (AvgIpc) is 2.78. The molecule has 2 aliphatic heterocycles. The summed E-state index contributed by atoms with van der Waals surface area (Å²) in [5.41, 5.74) is -0.497. The van der Waals surface area contributed by atoms with Crippen molar-refractivity contribution in [2.24, 2.45) is 0 Å². The molecule has 1 fully saturated rings. The van der Waals surface area contributed by atoms with Gasteiger partial charge >= 0.3 is 0 Å². The van der Waals surface area contributed by atoms with Gasteiger partial charge in [-0.2, -0.15) is 0 Å². The number of aliphatic hydroxyl groups is 1. The first-order valence-corrected chi connectivity index (χ1v) is 7.17. The third-order valence-corrected chi connectivity index (χ3v) is 3.91. The van der Waals surface area contributed by atoms with E-state index < -0.39 is 47.9 Å². The summed E-state index contributed by atoms with van der Waals surface area (Å²) >= 11 is 0. The van der Waals surface area contributed by atoms with Crippen LogP contribution in [-0.4, -0.2) is 51.4 Å². The van der Waals surface area contributed by atoms with Crippen LogP contribution in [0.15, 0.2) is 18.2 Å². The largest absolute Gasteiger partial charge is 0.367 e. The van der Waals surface area contributed by atoms with E-state index in [1.807, 2.05) is 0 Å². The highest BCUT2D eigenvalue weighted by atomic mass is 19.1. The highest BCUT2D eigenvalue weighted by Gasteiger charge is 2.59. The molecule has 1 saturated heterocycles. The second kappa shape index (κ2) is 5.45. The van der Waals surface area contributed by atoms with Crippen molar-refractivity contribution in [1.29, 1.82) is 0 Å². The number of rotatable bonds is 2. The van der Waals surface area contributed by atoms with E-state index in [1.54, 1.807) is 5.32 Å². The van der Waals surface area contributed by atoms with Crippen LogP contribution in [0.3, 0.4) is 0 Å². The van der Waals surface area contributed by atoms with E-state index in [2.05, 4.69) is 5.32 Å². The third kappa shape index (κ3) is 2.38. The number of aliphatic hydroxyl groups excluding tert-OH is 1. The molecular formula is C15H12FN3O6. The Labute approximate surface area is 139 Å². The lowest BCUT2D eigenvalue weighted by atomic mass is 9.99. The van der Waals surface area contributed by atoms with Gasteiger partial charge in [0.2, 0.25) is 5.91 Å². The first kappa shape index (κ1) is 16.7. The monoisotopic (exact) mass is 349 g/mol. The first-order chi connectivity index (χ1) is 11.7. The van der Waals surface area contributed by atoms with E-state index in [9.17, 15) is 29.1 Å². The van der Waals surface area contributed by atoms with Gasteiger partial charge in [-0.25, -0.2) is 9.29 Å². The summed E-state index contributed by atoms with van der Waals surface area (Å²) in [5.74, 6) is -8.62. The Morgan fingerprint density at radius 1 is 1.32 bits per heavy atom. The van der Waals surface area contributed by atoms with Gasteiger partial charge in [0.05, 0.1) is 23.2 Å². The molecule has 130 valence electrons. The van der Waals surface area contributed by atoms with E-state index in [1.165, 1.54) is 25.1 Å². The number of fused-ring (bicyclic) bond motifs is 1. The van der Waals surface area contributed by atoms with Crippen molar-refractivity contribution in [3.8, 4) is 0 Å². The van der Waals surface area contributed by atoms with Crippen LogP contribution in [0.1, 0.15) is 34.1 Å². The van der Waals surface area contributed by atoms with E-state index in [0.29, 0.717) is 0 Å². The Morgan fingerprint density at radius 3 is 2.64 bits per heavy atom. The average molecular weight is 349 g/mol. The number of piperidine rings is 1. The lowest BCUT2D eigenvalue weighted by Gasteiger charge is -2.35. The summed E-state index contributed by atoms with van der Waals surface area (Å²) < 4.78 is 15.2. The number of ketones is 1. The maximum atomic E-state index is 15.2. The van der Waals surface area contributed by atoms with Crippen LogP contribution in [0, 0.1) is 0 Å². The normalized spacial score (nSPS) is 25.7. The quantitative estimate of drug-likeness (QED) is 0.478. The van der Waals surface area contributed by atoms with Crippen molar-refractivity contribution in [3.05, 3.63) is 29.3 Å². The van der Waals surface area contributed by atoms with Crippen molar-refractivity contribution >= 4 is 35.1 Å². The molecule has 0 aromatic heterocycles. The predicted molar refractivity (Wildman–Crippen MR) is 78.9 cm³/mol. The van der Waals surface area contributed by atoms with Gasteiger partial charge < -0.3 is 15.7 Å². The van der Waals surface area contributed by atoms with Gasteiger partial charge in [-0.3, -0.25) is 24.0 Å². The van der Waals surface area contributed by atoms with Gasteiger partial charge in [-0.05, 0) is 12.1 Å². The smallest absolute Gasteiger partial charge is 0.282 e. The molecular weight excluding hydrogens is 337 g/mol. The minimum absolute atomic E-state index is 0.0166. The van der Waals surface area contributed by atoms with Crippen LogP contribution in [0.5, 0.6) is 0 Å². The molecule has 0 saturated carbocycles. The fourth-order valence-corrected chi connectivity index (χ4v) is 2.80. The minimum Gasteiger partial charge on any atom is -0.367 e. The van der Waals surface area contributed by atoms with Crippen LogP contribution in [0.2, 0.25) is 0 Å². The van der Waals surface area contributed by atoms with Gasteiger partial charge in [0.1, 0.15) is 0 Å². The number of alkyl halides is 1. The molecule has 4 amide bonds. The summed E-state index contributed by atoms with van der Waals surface area (Å²) in [4.78, 5) is 59.9. The summed E-state index contributed by atoms with van der Waals surface area (Å²) in [7, 11) is 0. The third-order valence-electron chi connectivity index (χ3n) is 3.91. The molecule has 2 aliphatic rings. The second-order valence-corrected chi connectivity index (χ2v) is 5.63. The molecule has 25 heavy (non-hydrogen) atoms. The molecule has 3 rings (SSSR count). The zero-order valence-corrected chi connectivity index (χ0v) is 12.8. The van der Waals surface area contributed by atoms with E-state index in [4.69, 9.17) is 0 Å². The van der Waals surface area contributed by atoms with Crippen LogP contribution < -0.4 is 10.6 Å². The molecule has 3 N–H and O–H groups in total. The van der Waals surface area contributed by atoms with Crippen molar-refractivity contribution in [3.63, 3.8) is 0 Å².